The van der Waals surface area contributed by atoms with Crippen LogP contribution in [0.25, 0.3) is 0 Å². The minimum Gasteiger partial charge on any atom is -0.310 e. The fraction of sp³-hybridized carbons (Fsp3) is 0.250. The molecule has 19 heavy (non-hydrogen) atoms. The van der Waals surface area contributed by atoms with E-state index in [1.807, 2.05) is 24.3 Å². The summed E-state index contributed by atoms with van der Waals surface area (Å²) >= 11 is 5.86. The fourth-order valence-electron chi connectivity index (χ4n) is 1.94. The van der Waals surface area contributed by atoms with E-state index in [4.69, 9.17) is 11.6 Å². The Bertz CT molecular complexity index is 507. The molecule has 0 radical (unpaired) electrons. The Morgan fingerprint density at radius 1 is 1.00 bits per heavy atom. The van der Waals surface area contributed by atoms with Crippen molar-refractivity contribution >= 4 is 11.6 Å². The molecule has 1 N–H and O–H groups in total. The molecular weight excluding hydrogens is 261 g/mol. The zero-order valence-corrected chi connectivity index (χ0v) is 11.6. The maximum absolute atomic E-state index is 12.8. The number of nitrogens with one attached hydrogen (secondary N) is 1. The molecule has 0 spiro atoms. The molecule has 0 aliphatic carbocycles. The molecule has 0 aromatic heterocycles. The zero-order chi connectivity index (χ0) is 13.7. The molecule has 0 saturated carbocycles. The first-order chi connectivity index (χ1) is 9.13. The van der Waals surface area contributed by atoms with E-state index in [-0.39, 0.29) is 5.82 Å². The number of hydrogen-bond acceptors (Lipinski definition) is 1. The third-order valence-electron chi connectivity index (χ3n) is 3.02. The van der Waals surface area contributed by atoms with Gasteiger partial charge in [-0.05, 0) is 48.7 Å². The van der Waals surface area contributed by atoms with Crippen LogP contribution in [0.4, 0.5) is 4.39 Å². The Kier molecular flexibility index (Phi) is 4.94. The first-order valence-corrected chi connectivity index (χ1v) is 6.73. The number of hydrogen-bond donors (Lipinski definition) is 1. The number of rotatable bonds is 5. The van der Waals surface area contributed by atoms with Crippen LogP contribution in [-0.2, 0) is 13.0 Å². The maximum atomic E-state index is 12.8. The molecule has 100 valence electrons. The van der Waals surface area contributed by atoms with Crippen molar-refractivity contribution in [3.63, 3.8) is 0 Å². The van der Waals surface area contributed by atoms with Crippen molar-refractivity contribution in [1.82, 2.24) is 5.32 Å². The summed E-state index contributed by atoms with van der Waals surface area (Å²) in [7, 11) is 0. The molecule has 2 rings (SSSR count). The lowest BCUT2D eigenvalue weighted by Crippen LogP contribution is -2.27. The van der Waals surface area contributed by atoms with Crippen molar-refractivity contribution in [3.05, 3.63) is 70.5 Å². The lowest BCUT2D eigenvalue weighted by atomic mass is 10.1. The predicted octanol–water partition coefficient (Wildman–Crippen LogP) is 4.20. The third-order valence-corrected chi connectivity index (χ3v) is 3.28. The van der Waals surface area contributed by atoms with Crippen LogP contribution in [0.1, 0.15) is 18.1 Å². The topological polar surface area (TPSA) is 12.0 Å². The lowest BCUT2D eigenvalue weighted by molar-refractivity contribution is 0.544. The van der Waals surface area contributed by atoms with Gasteiger partial charge in [0.1, 0.15) is 5.82 Å². The van der Waals surface area contributed by atoms with Gasteiger partial charge in [0, 0.05) is 17.6 Å². The van der Waals surface area contributed by atoms with Crippen molar-refractivity contribution in [2.24, 2.45) is 0 Å². The van der Waals surface area contributed by atoms with E-state index in [0.29, 0.717) is 6.04 Å². The Labute approximate surface area is 118 Å². The highest BCUT2D eigenvalue weighted by molar-refractivity contribution is 6.30. The van der Waals surface area contributed by atoms with Crippen molar-refractivity contribution in [2.75, 3.05) is 0 Å². The van der Waals surface area contributed by atoms with Crippen LogP contribution in [-0.4, -0.2) is 6.04 Å². The minimum absolute atomic E-state index is 0.196. The Balaban J connectivity index is 1.82. The Hall–Kier alpha value is -1.38. The monoisotopic (exact) mass is 277 g/mol. The van der Waals surface area contributed by atoms with Gasteiger partial charge in [0.25, 0.3) is 0 Å². The molecule has 0 saturated heterocycles. The van der Waals surface area contributed by atoms with E-state index in [9.17, 15) is 4.39 Å². The van der Waals surface area contributed by atoms with Crippen LogP contribution in [0, 0.1) is 5.82 Å². The van der Waals surface area contributed by atoms with Gasteiger partial charge in [0.15, 0.2) is 0 Å². The van der Waals surface area contributed by atoms with Crippen LogP contribution in [0.2, 0.25) is 5.02 Å². The molecule has 2 aromatic carbocycles. The van der Waals surface area contributed by atoms with E-state index in [0.717, 1.165) is 23.6 Å². The highest BCUT2D eigenvalue weighted by Gasteiger charge is 2.03. The summed E-state index contributed by atoms with van der Waals surface area (Å²) in [5, 5.41) is 4.19. The first kappa shape index (κ1) is 14.0. The summed E-state index contributed by atoms with van der Waals surface area (Å²) in [6, 6.07) is 14.8. The predicted molar refractivity (Wildman–Crippen MR) is 77.9 cm³/mol. The summed E-state index contributed by atoms with van der Waals surface area (Å²) in [6.45, 7) is 2.88. The standard InChI is InChI=1S/C16H17ClFN/c1-12(10-13-2-6-15(17)7-3-13)19-11-14-4-8-16(18)9-5-14/h2-9,12,19H,10-11H2,1H3. The smallest absolute Gasteiger partial charge is 0.123 e. The highest BCUT2D eigenvalue weighted by Crippen LogP contribution is 2.11. The Morgan fingerprint density at radius 2 is 1.58 bits per heavy atom. The van der Waals surface area contributed by atoms with Gasteiger partial charge in [-0.3, -0.25) is 0 Å². The second kappa shape index (κ2) is 6.69. The van der Waals surface area contributed by atoms with Crippen molar-refractivity contribution < 1.29 is 4.39 Å². The van der Waals surface area contributed by atoms with Crippen molar-refractivity contribution in [2.45, 2.75) is 25.9 Å². The van der Waals surface area contributed by atoms with Crippen LogP contribution in [0.15, 0.2) is 48.5 Å². The van der Waals surface area contributed by atoms with Gasteiger partial charge in [0.2, 0.25) is 0 Å². The van der Waals surface area contributed by atoms with E-state index < -0.39 is 0 Å². The molecule has 0 fully saturated rings. The van der Waals surface area contributed by atoms with Gasteiger partial charge in [-0.25, -0.2) is 4.39 Å². The lowest BCUT2D eigenvalue weighted by Gasteiger charge is -2.14. The van der Waals surface area contributed by atoms with Crippen molar-refractivity contribution in [3.8, 4) is 0 Å². The molecule has 1 atom stereocenters. The zero-order valence-electron chi connectivity index (χ0n) is 10.9. The summed E-state index contributed by atoms with van der Waals surface area (Å²) in [5.74, 6) is -0.196. The van der Waals surface area contributed by atoms with Gasteiger partial charge in [0.05, 0.1) is 0 Å². The average Bonchev–Trinajstić information content (AvgIpc) is 2.41. The molecule has 0 aliphatic heterocycles. The average molecular weight is 278 g/mol. The fourth-order valence-corrected chi connectivity index (χ4v) is 2.07. The molecule has 1 nitrogen and oxygen atoms in total. The summed E-state index contributed by atoms with van der Waals surface area (Å²) in [5.41, 5.74) is 2.34. The second-order valence-corrected chi connectivity index (χ2v) is 5.18. The molecule has 3 heteroatoms. The van der Waals surface area contributed by atoms with Crippen LogP contribution in [0.5, 0.6) is 0 Å². The molecule has 0 amide bonds. The van der Waals surface area contributed by atoms with E-state index in [1.165, 1.54) is 17.7 Å². The SMILES string of the molecule is CC(Cc1ccc(Cl)cc1)NCc1ccc(F)cc1. The molecular formula is C16H17ClFN. The molecule has 0 heterocycles. The van der Waals surface area contributed by atoms with Gasteiger partial charge in [-0.1, -0.05) is 35.9 Å². The van der Waals surface area contributed by atoms with Gasteiger partial charge < -0.3 is 5.32 Å². The normalized spacial score (nSPS) is 12.4. The number of halogens is 2. The van der Waals surface area contributed by atoms with Gasteiger partial charge >= 0.3 is 0 Å². The molecule has 0 aliphatic rings. The molecule has 1 unspecified atom stereocenters. The molecule has 0 bridgehead atoms. The van der Waals surface area contributed by atoms with Crippen LogP contribution >= 0.6 is 11.6 Å². The largest absolute Gasteiger partial charge is 0.310 e. The summed E-state index contributed by atoms with van der Waals surface area (Å²) in [6.07, 6.45) is 0.943. The molecule has 2 aromatic rings. The Morgan fingerprint density at radius 3 is 2.21 bits per heavy atom. The first-order valence-electron chi connectivity index (χ1n) is 6.36. The maximum Gasteiger partial charge on any atom is 0.123 e. The second-order valence-electron chi connectivity index (χ2n) is 4.74. The highest BCUT2D eigenvalue weighted by atomic mass is 35.5. The van der Waals surface area contributed by atoms with Gasteiger partial charge in [-0.15, -0.1) is 0 Å². The van der Waals surface area contributed by atoms with E-state index >= 15 is 0 Å². The van der Waals surface area contributed by atoms with Crippen molar-refractivity contribution in [1.29, 1.82) is 0 Å². The summed E-state index contributed by atoms with van der Waals surface area (Å²) in [4.78, 5) is 0. The van der Waals surface area contributed by atoms with Gasteiger partial charge in [-0.2, -0.15) is 0 Å². The van der Waals surface area contributed by atoms with Crippen LogP contribution in [0.3, 0.4) is 0 Å². The van der Waals surface area contributed by atoms with E-state index in [2.05, 4.69) is 12.2 Å². The van der Waals surface area contributed by atoms with E-state index in [1.54, 1.807) is 12.1 Å². The van der Waals surface area contributed by atoms with Crippen LogP contribution < -0.4 is 5.32 Å². The quantitative estimate of drug-likeness (QED) is 0.864. The third kappa shape index (κ3) is 4.66. The summed E-state index contributed by atoms with van der Waals surface area (Å²) < 4.78 is 12.8. The number of benzene rings is 2. The minimum atomic E-state index is -0.196.